The number of hydrogen-bond donors (Lipinski definition) is 3. The van der Waals surface area contributed by atoms with Crippen molar-refractivity contribution < 1.29 is 19.7 Å². The highest BCUT2D eigenvalue weighted by atomic mass is 32.1. The highest BCUT2D eigenvalue weighted by Crippen LogP contribution is 2.24. The molecule has 1 aromatic heterocycles. The maximum Gasteiger partial charge on any atom is 0.268 e. The number of primary amides is 1. The van der Waals surface area contributed by atoms with Gasteiger partial charge >= 0.3 is 0 Å². The third kappa shape index (κ3) is 2.06. The van der Waals surface area contributed by atoms with E-state index in [2.05, 4.69) is 4.98 Å². The Labute approximate surface area is 95.0 Å². The topological polar surface area (TPSA) is 106 Å². The van der Waals surface area contributed by atoms with Crippen molar-refractivity contribution in [3.05, 3.63) is 22.2 Å². The molecular weight excluding hydrogens is 232 g/mol. The van der Waals surface area contributed by atoms with E-state index in [1.54, 1.807) is 0 Å². The number of hydrogen-bond acceptors (Lipinski definition) is 6. The van der Waals surface area contributed by atoms with Crippen LogP contribution in [0.25, 0.3) is 5.76 Å². The standard InChI is InChI=1S/C9H10N2O4S/c10-8(14)4-3-16-9(11-4)7-1-5(12)6(13)2-15-7/h1,3,5-6,12-13H,2H2,(H2,10,14)/t5-,6-/m1/s1. The van der Waals surface area contributed by atoms with E-state index in [-0.39, 0.29) is 12.3 Å². The zero-order valence-corrected chi connectivity index (χ0v) is 8.98. The van der Waals surface area contributed by atoms with E-state index in [9.17, 15) is 15.0 Å². The molecule has 2 heterocycles. The normalized spacial score (nSPS) is 24.8. The molecule has 16 heavy (non-hydrogen) atoms. The van der Waals surface area contributed by atoms with Gasteiger partial charge in [0, 0.05) is 5.38 Å². The summed E-state index contributed by atoms with van der Waals surface area (Å²) in [6.45, 7) is -0.00150. The van der Waals surface area contributed by atoms with Crippen molar-refractivity contribution in [1.29, 1.82) is 0 Å². The van der Waals surface area contributed by atoms with Crippen molar-refractivity contribution in [3.8, 4) is 0 Å². The predicted octanol–water partition coefficient (Wildman–Crippen LogP) is -0.665. The smallest absolute Gasteiger partial charge is 0.268 e. The van der Waals surface area contributed by atoms with Gasteiger partial charge in [0.1, 0.15) is 24.5 Å². The molecule has 4 N–H and O–H groups in total. The highest BCUT2D eigenvalue weighted by molar-refractivity contribution is 7.10. The van der Waals surface area contributed by atoms with Gasteiger partial charge in [-0.3, -0.25) is 4.79 Å². The van der Waals surface area contributed by atoms with Crippen LogP contribution in [0.2, 0.25) is 0 Å². The van der Waals surface area contributed by atoms with Gasteiger partial charge < -0.3 is 20.7 Å². The quantitative estimate of drug-likeness (QED) is 0.638. The number of nitrogens with two attached hydrogens (primary N) is 1. The van der Waals surface area contributed by atoms with Crippen LogP contribution in [0.1, 0.15) is 15.5 Å². The number of carbonyl (C=O) groups excluding carboxylic acids is 1. The van der Waals surface area contributed by atoms with Crippen molar-refractivity contribution >= 4 is 23.0 Å². The Bertz CT molecular complexity index is 442. The molecule has 2 atom stereocenters. The summed E-state index contributed by atoms with van der Waals surface area (Å²) in [7, 11) is 0. The Morgan fingerprint density at radius 3 is 2.94 bits per heavy atom. The summed E-state index contributed by atoms with van der Waals surface area (Å²) in [5.41, 5.74) is 5.22. The van der Waals surface area contributed by atoms with Gasteiger partial charge in [0.05, 0.1) is 0 Å². The Balaban J connectivity index is 2.24. The Morgan fingerprint density at radius 1 is 1.62 bits per heavy atom. The van der Waals surface area contributed by atoms with Crippen LogP contribution in [0.3, 0.4) is 0 Å². The molecule has 7 heteroatoms. The average Bonchev–Trinajstić information content (AvgIpc) is 2.71. The average molecular weight is 242 g/mol. The Kier molecular flexibility index (Phi) is 2.90. The van der Waals surface area contributed by atoms with E-state index in [0.29, 0.717) is 10.8 Å². The van der Waals surface area contributed by atoms with Crippen LogP contribution in [0.15, 0.2) is 11.5 Å². The van der Waals surface area contributed by atoms with Crippen molar-refractivity contribution in [2.24, 2.45) is 5.73 Å². The fourth-order valence-corrected chi connectivity index (χ4v) is 2.01. The van der Waals surface area contributed by atoms with Crippen molar-refractivity contribution in [3.63, 3.8) is 0 Å². The summed E-state index contributed by atoms with van der Waals surface area (Å²) in [5, 5.41) is 20.6. The van der Waals surface area contributed by atoms with Crippen LogP contribution in [0.5, 0.6) is 0 Å². The SMILES string of the molecule is NC(=O)c1csc(C2=C[C@@H](O)[C@H](O)CO2)n1. The maximum absolute atomic E-state index is 10.8. The summed E-state index contributed by atoms with van der Waals surface area (Å²) in [6.07, 6.45) is -0.554. The number of nitrogens with zero attached hydrogens (tertiary/aromatic N) is 1. The van der Waals surface area contributed by atoms with Crippen LogP contribution in [-0.4, -0.2) is 39.9 Å². The summed E-state index contributed by atoms with van der Waals surface area (Å²) in [5.74, 6) is -0.255. The number of aliphatic hydroxyl groups excluding tert-OH is 2. The van der Waals surface area contributed by atoms with Crippen LogP contribution in [-0.2, 0) is 4.74 Å². The summed E-state index contributed by atoms with van der Waals surface area (Å²) in [4.78, 5) is 14.8. The van der Waals surface area contributed by atoms with Gasteiger partial charge in [0.25, 0.3) is 5.91 Å². The third-order valence-corrected chi connectivity index (χ3v) is 2.95. The van der Waals surface area contributed by atoms with Gasteiger partial charge in [-0.2, -0.15) is 0 Å². The van der Waals surface area contributed by atoms with E-state index in [4.69, 9.17) is 10.5 Å². The van der Waals surface area contributed by atoms with E-state index >= 15 is 0 Å². The van der Waals surface area contributed by atoms with E-state index in [1.165, 1.54) is 22.8 Å². The number of amides is 1. The molecule has 1 aliphatic rings. The molecule has 0 spiro atoms. The van der Waals surface area contributed by atoms with Crippen molar-refractivity contribution in [2.45, 2.75) is 12.2 Å². The van der Waals surface area contributed by atoms with Crippen LogP contribution >= 0.6 is 11.3 Å². The second kappa shape index (κ2) is 4.20. The number of carbonyl (C=O) groups is 1. The number of thiazole rings is 1. The molecule has 1 amide bonds. The molecule has 1 aliphatic heterocycles. The zero-order chi connectivity index (χ0) is 11.7. The van der Waals surface area contributed by atoms with Gasteiger partial charge in [-0.1, -0.05) is 0 Å². The number of aliphatic hydroxyl groups is 2. The molecule has 0 aliphatic carbocycles. The van der Waals surface area contributed by atoms with E-state index < -0.39 is 18.1 Å². The van der Waals surface area contributed by atoms with Gasteiger partial charge in [0.2, 0.25) is 0 Å². The van der Waals surface area contributed by atoms with Crippen molar-refractivity contribution in [2.75, 3.05) is 6.61 Å². The molecule has 2 rings (SSSR count). The molecule has 6 nitrogen and oxygen atoms in total. The monoisotopic (exact) mass is 242 g/mol. The van der Waals surface area contributed by atoms with E-state index in [0.717, 1.165) is 0 Å². The second-order valence-electron chi connectivity index (χ2n) is 3.30. The molecule has 0 saturated carbocycles. The lowest BCUT2D eigenvalue weighted by Gasteiger charge is -2.22. The lowest BCUT2D eigenvalue weighted by molar-refractivity contribution is -0.00352. The molecule has 0 bridgehead atoms. The summed E-state index contributed by atoms with van der Waals surface area (Å²) < 4.78 is 5.19. The first-order chi connectivity index (χ1) is 7.58. The van der Waals surface area contributed by atoms with Crippen molar-refractivity contribution in [1.82, 2.24) is 4.98 Å². The Morgan fingerprint density at radius 2 is 2.38 bits per heavy atom. The van der Waals surface area contributed by atoms with Crippen LogP contribution in [0, 0.1) is 0 Å². The fraction of sp³-hybridized carbons (Fsp3) is 0.333. The Hall–Kier alpha value is -1.44. The lowest BCUT2D eigenvalue weighted by atomic mass is 10.1. The summed E-state index contributed by atoms with van der Waals surface area (Å²) in [6, 6.07) is 0. The van der Waals surface area contributed by atoms with Gasteiger partial charge in [-0.15, -0.1) is 11.3 Å². The second-order valence-corrected chi connectivity index (χ2v) is 4.16. The number of ether oxygens (including phenoxy) is 1. The van der Waals surface area contributed by atoms with Gasteiger partial charge in [0.15, 0.2) is 10.8 Å². The third-order valence-electron chi connectivity index (χ3n) is 2.09. The van der Waals surface area contributed by atoms with Gasteiger partial charge in [-0.05, 0) is 6.08 Å². The number of aromatic nitrogens is 1. The van der Waals surface area contributed by atoms with Crippen LogP contribution in [0.4, 0.5) is 0 Å². The first-order valence-corrected chi connectivity index (χ1v) is 5.42. The minimum atomic E-state index is -0.982. The molecule has 0 aromatic carbocycles. The predicted molar refractivity (Wildman–Crippen MR) is 56.6 cm³/mol. The zero-order valence-electron chi connectivity index (χ0n) is 8.16. The highest BCUT2D eigenvalue weighted by Gasteiger charge is 2.24. The molecule has 1 aromatic rings. The summed E-state index contributed by atoms with van der Waals surface area (Å²) >= 11 is 1.19. The molecule has 0 radical (unpaired) electrons. The molecule has 0 saturated heterocycles. The molecule has 0 fully saturated rings. The van der Waals surface area contributed by atoms with Crippen LogP contribution < -0.4 is 5.73 Å². The first kappa shape index (κ1) is 11.1. The first-order valence-electron chi connectivity index (χ1n) is 4.54. The number of rotatable bonds is 2. The largest absolute Gasteiger partial charge is 0.488 e. The fourth-order valence-electron chi connectivity index (χ4n) is 1.22. The lowest BCUT2D eigenvalue weighted by Crippen LogP contribution is -2.32. The minimum Gasteiger partial charge on any atom is -0.488 e. The minimum absolute atomic E-state index is 0.00150. The molecule has 86 valence electrons. The molecular formula is C9H10N2O4S. The maximum atomic E-state index is 10.8. The molecule has 0 unspecified atom stereocenters. The van der Waals surface area contributed by atoms with Gasteiger partial charge in [-0.25, -0.2) is 4.98 Å². The van der Waals surface area contributed by atoms with E-state index in [1.807, 2.05) is 0 Å².